The number of amides is 1. The number of nitrogens with one attached hydrogen (secondary N) is 1. The molecule has 2 N–H and O–H groups in total. The molecule has 1 unspecified atom stereocenters. The van der Waals surface area contributed by atoms with Crippen LogP contribution in [-0.4, -0.2) is 45.9 Å². The molecule has 1 atom stereocenters. The van der Waals surface area contributed by atoms with Crippen LogP contribution in [0.3, 0.4) is 0 Å². The first-order valence-electron chi connectivity index (χ1n) is 13.5. The van der Waals surface area contributed by atoms with Crippen LogP contribution in [0.2, 0.25) is 0 Å². The van der Waals surface area contributed by atoms with Gasteiger partial charge in [-0.1, -0.05) is 45.2 Å². The lowest BCUT2D eigenvalue weighted by molar-refractivity contribution is 0.0740. The molecular formula is C30H39N3O4. The number of carbonyl (C=O) groups is 1. The van der Waals surface area contributed by atoms with E-state index in [2.05, 4.69) is 24.0 Å². The van der Waals surface area contributed by atoms with Gasteiger partial charge in [0, 0.05) is 17.7 Å². The van der Waals surface area contributed by atoms with Gasteiger partial charge >= 0.3 is 0 Å². The van der Waals surface area contributed by atoms with E-state index < -0.39 is 0 Å². The molecular weight excluding hydrogens is 466 g/mol. The molecule has 2 aromatic carbocycles. The normalized spacial score (nSPS) is 14.8. The van der Waals surface area contributed by atoms with Gasteiger partial charge in [-0.05, 0) is 68.5 Å². The minimum absolute atomic E-state index is 0.0695. The number of benzene rings is 2. The van der Waals surface area contributed by atoms with Crippen LogP contribution in [0, 0.1) is 13.8 Å². The summed E-state index contributed by atoms with van der Waals surface area (Å²) in [7, 11) is 0. The van der Waals surface area contributed by atoms with E-state index in [-0.39, 0.29) is 17.7 Å². The van der Waals surface area contributed by atoms with Gasteiger partial charge in [-0.15, -0.1) is 0 Å². The van der Waals surface area contributed by atoms with Crippen molar-refractivity contribution in [2.45, 2.75) is 72.8 Å². The van der Waals surface area contributed by atoms with Gasteiger partial charge in [-0.2, -0.15) is 5.10 Å². The van der Waals surface area contributed by atoms with E-state index in [1.165, 1.54) is 0 Å². The number of fused-ring (bicyclic) bond motifs is 1. The third kappa shape index (κ3) is 5.31. The summed E-state index contributed by atoms with van der Waals surface area (Å²) in [6.07, 6.45) is 5.05. The number of hydrogen-bond acceptors (Lipinski definition) is 5. The third-order valence-electron chi connectivity index (χ3n) is 6.91. The molecule has 7 nitrogen and oxygen atoms in total. The SMILES string of the molecule is CCCCCN1C(=O)c2[nH]nc(-c3cc(C)cc(C)c3O)c2C1c1ccc(OCCCC)c(OCC)c1. The van der Waals surface area contributed by atoms with Crippen molar-refractivity contribution in [1.82, 2.24) is 15.1 Å². The van der Waals surface area contributed by atoms with Crippen LogP contribution in [-0.2, 0) is 0 Å². The maximum absolute atomic E-state index is 13.6. The maximum Gasteiger partial charge on any atom is 0.273 e. The Kier molecular flexibility index (Phi) is 8.41. The zero-order valence-corrected chi connectivity index (χ0v) is 22.7. The summed E-state index contributed by atoms with van der Waals surface area (Å²) in [5, 5.41) is 18.5. The van der Waals surface area contributed by atoms with Crippen LogP contribution in [0.15, 0.2) is 30.3 Å². The number of phenols is 1. The van der Waals surface area contributed by atoms with E-state index in [1.807, 2.05) is 56.0 Å². The van der Waals surface area contributed by atoms with Gasteiger partial charge in [0.2, 0.25) is 0 Å². The number of aromatic nitrogens is 2. The van der Waals surface area contributed by atoms with E-state index in [0.29, 0.717) is 48.2 Å². The Morgan fingerprint density at radius 3 is 2.51 bits per heavy atom. The minimum atomic E-state index is -0.350. The highest BCUT2D eigenvalue weighted by Gasteiger charge is 2.42. The predicted molar refractivity (Wildman–Crippen MR) is 146 cm³/mol. The van der Waals surface area contributed by atoms with Gasteiger partial charge in [-0.3, -0.25) is 9.89 Å². The monoisotopic (exact) mass is 505 g/mol. The van der Waals surface area contributed by atoms with Crippen molar-refractivity contribution in [3.05, 3.63) is 58.3 Å². The fraction of sp³-hybridized carbons (Fsp3) is 0.467. The zero-order chi connectivity index (χ0) is 26.5. The Labute approximate surface area is 219 Å². The number of hydrogen-bond donors (Lipinski definition) is 2. The summed E-state index contributed by atoms with van der Waals surface area (Å²) in [4.78, 5) is 15.5. The molecule has 2 heterocycles. The third-order valence-corrected chi connectivity index (χ3v) is 6.91. The summed E-state index contributed by atoms with van der Waals surface area (Å²) in [5.41, 5.74) is 5.25. The molecule has 0 aliphatic carbocycles. The number of nitrogens with zero attached hydrogens (tertiary/aromatic N) is 2. The largest absolute Gasteiger partial charge is 0.507 e. The van der Waals surface area contributed by atoms with Crippen molar-refractivity contribution in [1.29, 1.82) is 0 Å². The molecule has 3 aromatic rings. The summed E-state index contributed by atoms with van der Waals surface area (Å²) >= 11 is 0. The molecule has 0 fully saturated rings. The second-order valence-electron chi connectivity index (χ2n) is 9.79. The van der Waals surface area contributed by atoms with E-state index in [9.17, 15) is 9.90 Å². The first-order chi connectivity index (χ1) is 17.9. The highest BCUT2D eigenvalue weighted by Crippen LogP contribution is 2.46. The smallest absolute Gasteiger partial charge is 0.273 e. The molecule has 0 radical (unpaired) electrons. The second kappa shape index (κ2) is 11.7. The Bertz CT molecular complexity index is 1250. The summed E-state index contributed by atoms with van der Waals surface area (Å²) in [6.45, 7) is 11.9. The Balaban J connectivity index is 1.83. The number of carbonyl (C=O) groups excluding carboxylic acids is 1. The summed E-state index contributed by atoms with van der Waals surface area (Å²) in [5.74, 6) is 1.50. The molecule has 198 valence electrons. The van der Waals surface area contributed by atoms with E-state index in [1.54, 1.807) is 0 Å². The van der Waals surface area contributed by atoms with Crippen LogP contribution in [0.4, 0.5) is 0 Å². The Morgan fingerprint density at radius 1 is 1.00 bits per heavy atom. The van der Waals surface area contributed by atoms with E-state index >= 15 is 0 Å². The van der Waals surface area contributed by atoms with Gasteiger partial charge in [0.15, 0.2) is 11.5 Å². The quantitative estimate of drug-likeness (QED) is 0.267. The van der Waals surface area contributed by atoms with Crippen molar-refractivity contribution < 1.29 is 19.4 Å². The lowest BCUT2D eigenvalue weighted by Gasteiger charge is -2.27. The van der Waals surface area contributed by atoms with Crippen LogP contribution in [0.1, 0.15) is 91.7 Å². The number of aromatic amines is 1. The standard InChI is InChI=1S/C30H39N3O4/c1-6-9-11-14-33-28(21-12-13-23(37-15-10-7-2)24(18-21)36-8-3)25-26(31-32-27(25)30(33)35)22-17-19(4)16-20(5)29(22)34/h12-13,16-18,28,34H,6-11,14-15H2,1-5H3,(H,31,32). The van der Waals surface area contributed by atoms with Crippen molar-refractivity contribution in [3.63, 3.8) is 0 Å². The van der Waals surface area contributed by atoms with Crippen LogP contribution < -0.4 is 9.47 Å². The predicted octanol–water partition coefficient (Wildman–Crippen LogP) is 6.71. The average molecular weight is 506 g/mol. The number of aryl methyl sites for hydroxylation is 2. The fourth-order valence-corrected chi connectivity index (χ4v) is 5.06. The highest BCUT2D eigenvalue weighted by molar-refractivity contribution is 6.00. The molecule has 0 spiro atoms. The molecule has 1 amide bonds. The number of aromatic hydroxyl groups is 1. The van der Waals surface area contributed by atoms with Crippen LogP contribution >= 0.6 is 0 Å². The minimum Gasteiger partial charge on any atom is -0.507 e. The number of rotatable bonds is 12. The topological polar surface area (TPSA) is 87.7 Å². The van der Waals surface area contributed by atoms with Crippen LogP contribution in [0.25, 0.3) is 11.3 Å². The van der Waals surface area contributed by atoms with Gasteiger partial charge in [-0.25, -0.2) is 0 Å². The molecule has 0 saturated carbocycles. The van der Waals surface area contributed by atoms with Crippen molar-refractivity contribution in [2.24, 2.45) is 0 Å². The zero-order valence-electron chi connectivity index (χ0n) is 22.7. The first-order valence-corrected chi connectivity index (χ1v) is 13.5. The van der Waals surface area contributed by atoms with Crippen molar-refractivity contribution in [2.75, 3.05) is 19.8 Å². The average Bonchev–Trinajstić information content (AvgIpc) is 3.42. The van der Waals surface area contributed by atoms with Crippen molar-refractivity contribution in [3.8, 4) is 28.5 Å². The molecule has 37 heavy (non-hydrogen) atoms. The molecule has 0 saturated heterocycles. The number of unbranched alkanes of at least 4 members (excludes halogenated alkanes) is 3. The molecule has 7 heteroatoms. The van der Waals surface area contributed by atoms with E-state index in [4.69, 9.17) is 9.47 Å². The molecule has 1 aliphatic rings. The summed E-state index contributed by atoms with van der Waals surface area (Å²) in [6, 6.07) is 9.46. The lowest BCUT2D eigenvalue weighted by atomic mass is 9.93. The number of H-pyrrole nitrogens is 1. The molecule has 1 aliphatic heterocycles. The van der Waals surface area contributed by atoms with Gasteiger partial charge in [0.05, 0.1) is 19.3 Å². The Morgan fingerprint density at radius 2 is 1.78 bits per heavy atom. The second-order valence-corrected chi connectivity index (χ2v) is 9.79. The van der Waals surface area contributed by atoms with Gasteiger partial charge < -0.3 is 19.5 Å². The number of ether oxygens (including phenoxy) is 2. The molecule has 0 bridgehead atoms. The maximum atomic E-state index is 13.6. The van der Waals surface area contributed by atoms with Crippen LogP contribution in [0.5, 0.6) is 17.2 Å². The Hall–Kier alpha value is -3.48. The fourth-order valence-electron chi connectivity index (χ4n) is 5.06. The number of phenolic OH excluding ortho intramolecular Hbond substituents is 1. The highest BCUT2D eigenvalue weighted by atomic mass is 16.5. The van der Waals surface area contributed by atoms with Crippen molar-refractivity contribution >= 4 is 5.91 Å². The molecule has 1 aromatic heterocycles. The first kappa shape index (κ1) is 26.6. The lowest BCUT2D eigenvalue weighted by Crippen LogP contribution is -2.30. The van der Waals surface area contributed by atoms with Gasteiger partial charge in [0.25, 0.3) is 5.91 Å². The molecule has 4 rings (SSSR count). The van der Waals surface area contributed by atoms with Gasteiger partial charge in [0.1, 0.15) is 17.1 Å². The van der Waals surface area contributed by atoms with E-state index in [0.717, 1.165) is 54.4 Å². The summed E-state index contributed by atoms with van der Waals surface area (Å²) < 4.78 is 12.0.